The zero-order valence-electron chi connectivity index (χ0n) is 13.8. The van der Waals surface area contributed by atoms with Crippen molar-refractivity contribution in [2.75, 3.05) is 13.2 Å². The second-order valence-electron chi connectivity index (χ2n) is 4.99. The monoisotopic (exact) mass is 336 g/mol. The molecule has 1 N–H and O–H groups in total. The van der Waals surface area contributed by atoms with Crippen molar-refractivity contribution in [1.29, 1.82) is 5.26 Å². The van der Waals surface area contributed by atoms with E-state index in [2.05, 4.69) is 5.32 Å². The van der Waals surface area contributed by atoms with Crippen molar-refractivity contribution in [2.24, 2.45) is 0 Å². The summed E-state index contributed by atoms with van der Waals surface area (Å²) in [6, 6.07) is 5.18. The number of nitrogens with one attached hydrogen (secondary N) is 1. The maximum absolute atomic E-state index is 12.0. The van der Waals surface area contributed by atoms with Crippen LogP contribution >= 0.6 is 11.6 Å². The van der Waals surface area contributed by atoms with Crippen molar-refractivity contribution in [1.82, 2.24) is 5.32 Å². The van der Waals surface area contributed by atoms with Gasteiger partial charge in [-0.05, 0) is 51.5 Å². The molecule has 0 aliphatic rings. The molecule has 1 rings (SSSR count). The van der Waals surface area contributed by atoms with Crippen LogP contribution in [0.25, 0.3) is 6.08 Å². The first kappa shape index (κ1) is 18.9. The zero-order valence-corrected chi connectivity index (χ0v) is 14.5. The predicted octanol–water partition coefficient (Wildman–Crippen LogP) is 3.57. The number of hydrogen-bond acceptors (Lipinski definition) is 4. The van der Waals surface area contributed by atoms with Gasteiger partial charge in [-0.1, -0.05) is 11.6 Å². The third-order valence-corrected chi connectivity index (χ3v) is 3.00. The summed E-state index contributed by atoms with van der Waals surface area (Å²) < 4.78 is 11.0. The van der Waals surface area contributed by atoms with Gasteiger partial charge in [-0.25, -0.2) is 0 Å². The maximum Gasteiger partial charge on any atom is 0.262 e. The van der Waals surface area contributed by atoms with Crippen LogP contribution in [0, 0.1) is 11.3 Å². The van der Waals surface area contributed by atoms with Gasteiger partial charge in [0.15, 0.2) is 11.5 Å². The van der Waals surface area contributed by atoms with Crippen LogP contribution in [-0.4, -0.2) is 25.2 Å². The van der Waals surface area contributed by atoms with Crippen LogP contribution in [0.5, 0.6) is 11.5 Å². The van der Waals surface area contributed by atoms with E-state index in [0.717, 1.165) is 0 Å². The smallest absolute Gasteiger partial charge is 0.262 e. The van der Waals surface area contributed by atoms with Gasteiger partial charge < -0.3 is 14.8 Å². The lowest BCUT2D eigenvalue weighted by Crippen LogP contribution is -2.30. The first-order valence-corrected chi connectivity index (χ1v) is 7.82. The lowest BCUT2D eigenvalue weighted by Gasteiger charge is -2.13. The molecular formula is C17H21ClN2O3. The van der Waals surface area contributed by atoms with E-state index in [1.165, 1.54) is 6.08 Å². The molecule has 0 atom stereocenters. The van der Waals surface area contributed by atoms with Crippen molar-refractivity contribution in [2.45, 2.75) is 33.7 Å². The Morgan fingerprint density at radius 3 is 2.52 bits per heavy atom. The molecule has 0 bridgehead atoms. The van der Waals surface area contributed by atoms with E-state index in [1.807, 2.05) is 33.8 Å². The van der Waals surface area contributed by atoms with E-state index in [0.29, 0.717) is 35.3 Å². The third kappa shape index (κ3) is 5.50. The number of ether oxygens (including phenoxy) is 2. The molecule has 124 valence electrons. The highest BCUT2D eigenvalue weighted by molar-refractivity contribution is 6.32. The SMILES string of the molecule is CCOc1cc(/C=C(/C#N)C(=O)NC(C)C)cc(Cl)c1OCC. The lowest BCUT2D eigenvalue weighted by atomic mass is 10.1. The minimum atomic E-state index is -0.425. The molecule has 0 radical (unpaired) electrons. The molecule has 6 heteroatoms. The van der Waals surface area contributed by atoms with Gasteiger partial charge in [0.05, 0.1) is 18.2 Å². The number of rotatable bonds is 7. The summed E-state index contributed by atoms with van der Waals surface area (Å²) in [7, 11) is 0. The highest BCUT2D eigenvalue weighted by Crippen LogP contribution is 2.37. The van der Waals surface area contributed by atoms with E-state index < -0.39 is 5.91 Å². The van der Waals surface area contributed by atoms with Gasteiger partial charge in [0.2, 0.25) is 0 Å². The van der Waals surface area contributed by atoms with Crippen molar-refractivity contribution in [3.05, 3.63) is 28.3 Å². The maximum atomic E-state index is 12.0. The molecule has 0 aliphatic carbocycles. The van der Waals surface area contributed by atoms with Gasteiger partial charge in [-0.2, -0.15) is 5.26 Å². The second kappa shape index (κ2) is 9.06. The number of hydrogen-bond donors (Lipinski definition) is 1. The summed E-state index contributed by atoms with van der Waals surface area (Å²) in [5, 5.41) is 12.2. The summed E-state index contributed by atoms with van der Waals surface area (Å²) in [5.41, 5.74) is 0.596. The molecule has 0 spiro atoms. The number of carbonyl (C=O) groups is 1. The molecule has 1 aromatic rings. The third-order valence-electron chi connectivity index (χ3n) is 2.72. The number of nitriles is 1. The number of benzene rings is 1. The average molecular weight is 337 g/mol. The Balaban J connectivity index is 3.24. The zero-order chi connectivity index (χ0) is 17.4. The fourth-order valence-corrected chi connectivity index (χ4v) is 2.15. The normalized spacial score (nSPS) is 11.1. The van der Waals surface area contributed by atoms with E-state index in [1.54, 1.807) is 12.1 Å². The fourth-order valence-electron chi connectivity index (χ4n) is 1.87. The van der Waals surface area contributed by atoms with Crippen LogP contribution in [0.1, 0.15) is 33.3 Å². The largest absolute Gasteiger partial charge is 0.490 e. The lowest BCUT2D eigenvalue weighted by molar-refractivity contribution is -0.117. The van der Waals surface area contributed by atoms with E-state index >= 15 is 0 Å². The van der Waals surface area contributed by atoms with Gasteiger partial charge in [-0.3, -0.25) is 4.79 Å². The van der Waals surface area contributed by atoms with Crippen LogP contribution in [0.4, 0.5) is 0 Å². The van der Waals surface area contributed by atoms with Crippen molar-refractivity contribution in [3.63, 3.8) is 0 Å². The van der Waals surface area contributed by atoms with Crippen molar-refractivity contribution in [3.8, 4) is 17.6 Å². The van der Waals surface area contributed by atoms with Gasteiger partial charge >= 0.3 is 0 Å². The van der Waals surface area contributed by atoms with E-state index in [9.17, 15) is 10.1 Å². The van der Waals surface area contributed by atoms with Crippen LogP contribution in [-0.2, 0) is 4.79 Å². The van der Waals surface area contributed by atoms with Crippen LogP contribution in [0.3, 0.4) is 0 Å². The summed E-state index contributed by atoms with van der Waals surface area (Å²) in [5.74, 6) is 0.512. The van der Waals surface area contributed by atoms with Crippen molar-refractivity contribution >= 4 is 23.6 Å². The Labute approximate surface area is 141 Å². The minimum absolute atomic E-state index is 0.00127. The Morgan fingerprint density at radius 1 is 1.35 bits per heavy atom. The first-order valence-electron chi connectivity index (χ1n) is 7.44. The molecular weight excluding hydrogens is 316 g/mol. The predicted molar refractivity (Wildman–Crippen MR) is 90.7 cm³/mol. The quantitative estimate of drug-likeness (QED) is 0.610. The Hall–Kier alpha value is -2.19. The van der Waals surface area contributed by atoms with Crippen LogP contribution in [0.2, 0.25) is 5.02 Å². The first-order chi connectivity index (χ1) is 10.9. The average Bonchev–Trinajstić information content (AvgIpc) is 2.47. The molecule has 1 amide bonds. The molecule has 0 unspecified atom stereocenters. The number of nitrogens with zero attached hydrogens (tertiary/aromatic N) is 1. The molecule has 0 saturated carbocycles. The molecule has 23 heavy (non-hydrogen) atoms. The Kier molecular flexibility index (Phi) is 7.43. The van der Waals surface area contributed by atoms with Gasteiger partial charge in [-0.15, -0.1) is 0 Å². The van der Waals surface area contributed by atoms with Gasteiger partial charge in [0.25, 0.3) is 5.91 Å². The minimum Gasteiger partial charge on any atom is -0.490 e. The Morgan fingerprint density at radius 2 is 2.00 bits per heavy atom. The Bertz CT molecular complexity index is 633. The number of amides is 1. The number of halogens is 1. The molecule has 0 aliphatic heterocycles. The summed E-state index contributed by atoms with van der Waals surface area (Å²) in [4.78, 5) is 12.0. The summed E-state index contributed by atoms with van der Waals surface area (Å²) in [6.45, 7) is 8.26. The van der Waals surface area contributed by atoms with Gasteiger partial charge in [0.1, 0.15) is 11.6 Å². The molecule has 0 saturated heterocycles. The molecule has 5 nitrogen and oxygen atoms in total. The molecule has 0 aromatic heterocycles. The molecule has 0 heterocycles. The molecule has 0 fully saturated rings. The highest BCUT2D eigenvalue weighted by atomic mass is 35.5. The summed E-state index contributed by atoms with van der Waals surface area (Å²) in [6.07, 6.45) is 1.47. The summed E-state index contributed by atoms with van der Waals surface area (Å²) >= 11 is 6.22. The molecule has 1 aromatic carbocycles. The second-order valence-corrected chi connectivity index (χ2v) is 5.40. The standard InChI is InChI=1S/C17H21ClN2O3/c1-5-22-15-9-12(8-14(18)16(15)23-6-2)7-13(10-19)17(21)20-11(3)4/h7-9,11H,5-6H2,1-4H3,(H,20,21)/b13-7-. The fraction of sp³-hybridized carbons (Fsp3) is 0.412. The topological polar surface area (TPSA) is 71.3 Å². The van der Waals surface area contributed by atoms with E-state index in [4.69, 9.17) is 21.1 Å². The van der Waals surface area contributed by atoms with Crippen molar-refractivity contribution < 1.29 is 14.3 Å². The van der Waals surface area contributed by atoms with Gasteiger partial charge in [0, 0.05) is 6.04 Å². The highest BCUT2D eigenvalue weighted by Gasteiger charge is 2.14. The van der Waals surface area contributed by atoms with E-state index in [-0.39, 0.29) is 11.6 Å². The van der Waals surface area contributed by atoms with Crippen LogP contribution in [0.15, 0.2) is 17.7 Å². The van der Waals surface area contributed by atoms with Crippen LogP contribution < -0.4 is 14.8 Å². The number of carbonyl (C=O) groups excluding carboxylic acids is 1.